The number of rotatable bonds is 3. The Morgan fingerprint density at radius 1 is 0.880 bits per heavy atom. The molecule has 0 atom stereocenters. The first kappa shape index (κ1) is 15.9. The molecule has 0 fully saturated rings. The van der Waals surface area contributed by atoms with Crippen LogP contribution in [0.5, 0.6) is 11.5 Å². The molecule has 0 amide bonds. The molecule has 3 aromatic rings. The molecule has 1 aromatic heterocycles. The largest absolute Gasteiger partial charge is 0.493 e. The number of fused-ring (bicyclic) bond motifs is 3. The highest BCUT2D eigenvalue weighted by atomic mass is 32.1. The summed E-state index contributed by atoms with van der Waals surface area (Å²) in [5, 5.41) is 0. The second-order valence-corrected chi connectivity index (χ2v) is 6.52. The van der Waals surface area contributed by atoms with Gasteiger partial charge < -0.3 is 14.0 Å². The van der Waals surface area contributed by atoms with Crippen molar-refractivity contribution in [3.8, 4) is 33.9 Å². The third kappa shape index (κ3) is 2.72. The van der Waals surface area contributed by atoms with Gasteiger partial charge >= 0.3 is 0 Å². The SMILES string of the molecule is COc1cc2c(cc1OC)-c1cc(-c3ccccc3)cc(=S)n1CC2. The molecule has 0 bridgehead atoms. The van der Waals surface area contributed by atoms with Crippen LogP contribution in [0.3, 0.4) is 0 Å². The van der Waals surface area contributed by atoms with Crippen LogP contribution in [0.15, 0.2) is 54.6 Å². The maximum atomic E-state index is 5.67. The lowest BCUT2D eigenvalue weighted by Crippen LogP contribution is -2.14. The van der Waals surface area contributed by atoms with Gasteiger partial charge in [0.05, 0.1) is 19.9 Å². The van der Waals surface area contributed by atoms with Gasteiger partial charge in [0.1, 0.15) is 4.64 Å². The zero-order valence-corrected chi connectivity index (χ0v) is 15.1. The normalized spacial score (nSPS) is 12.2. The number of pyridine rings is 1. The van der Waals surface area contributed by atoms with Crippen LogP contribution in [0.1, 0.15) is 5.56 Å². The van der Waals surface area contributed by atoms with E-state index in [-0.39, 0.29) is 0 Å². The first-order valence-corrected chi connectivity index (χ1v) is 8.67. The van der Waals surface area contributed by atoms with Crippen molar-refractivity contribution in [2.45, 2.75) is 13.0 Å². The molecule has 3 nitrogen and oxygen atoms in total. The van der Waals surface area contributed by atoms with Crippen LogP contribution >= 0.6 is 12.2 Å². The van der Waals surface area contributed by atoms with Gasteiger partial charge in [-0.25, -0.2) is 0 Å². The molecule has 0 saturated carbocycles. The molecule has 2 heterocycles. The van der Waals surface area contributed by atoms with Crippen LogP contribution in [0, 0.1) is 4.64 Å². The van der Waals surface area contributed by atoms with Crippen LogP contribution in [-0.4, -0.2) is 18.8 Å². The number of ether oxygens (including phenoxy) is 2. The van der Waals surface area contributed by atoms with Gasteiger partial charge in [-0.1, -0.05) is 42.5 Å². The second kappa shape index (κ2) is 6.37. The highest BCUT2D eigenvalue weighted by molar-refractivity contribution is 7.71. The highest BCUT2D eigenvalue weighted by Crippen LogP contribution is 2.39. The number of hydrogen-bond acceptors (Lipinski definition) is 3. The van der Waals surface area contributed by atoms with Gasteiger partial charge in [-0.05, 0) is 47.4 Å². The molecule has 0 radical (unpaired) electrons. The molecule has 0 spiro atoms. The Labute approximate surface area is 152 Å². The van der Waals surface area contributed by atoms with Crippen molar-refractivity contribution in [3.05, 3.63) is 64.8 Å². The smallest absolute Gasteiger partial charge is 0.161 e. The molecule has 1 aliphatic rings. The van der Waals surface area contributed by atoms with Crippen LogP contribution in [-0.2, 0) is 13.0 Å². The second-order valence-electron chi connectivity index (χ2n) is 6.10. The molecule has 0 N–H and O–H groups in total. The summed E-state index contributed by atoms with van der Waals surface area (Å²) in [7, 11) is 3.34. The fourth-order valence-corrected chi connectivity index (χ4v) is 3.76. The molecule has 2 aromatic carbocycles. The lowest BCUT2D eigenvalue weighted by Gasteiger charge is -2.25. The van der Waals surface area contributed by atoms with E-state index in [0.717, 1.165) is 45.9 Å². The van der Waals surface area contributed by atoms with Crippen molar-refractivity contribution in [3.63, 3.8) is 0 Å². The molecule has 0 saturated heterocycles. The molecule has 0 unspecified atom stereocenters. The maximum absolute atomic E-state index is 5.67. The van der Waals surface area contributed by atoms with E-state index in [0.29, 0.717) is 0 Å². The third-order valence-corrected chi connectivity index (χ3v) is 5.06. The monoisotopic (exact) mass is 349 g/mol. The van der Waals surface area contributed by atoms with E-state index in [1.807, 2.05) is 18.2 Å². The molecule has 4 heteroatoms. The average Bonchev–Trinajstić information content (AvgIpc) is 2.67. The third-order valence-electron chi connectivity index (χ3n) is 4.73. The van der Waals surface area contributed by atoms with Gasteiger partial charge in [0.2, 0.25) is 0 Å². The molecule has 25 heavy (non-hydrogen) atoms. The van der Waals surface area contributed by atoms with Gasteiger partial charge in [0, 0.05) is 12.1 Å². The van der Waals surface area contributed by atoms with Crippen molar-refractivity contribution in [2.75, 3.05) is 14.2 Å². The molecular formula is C21H19NO2S. The zero-order valence-electron chi connectivity index (χ0n) is 14.3. The summed E-state index contributed by atoms with van der Waals surface area (Å²) < 4.78 is 14.0. The Bertz CT molecular complexity index is 993. The van der Waals surface area contributed by atoms with E-state index in [1.165, 1.54) is 11.1 Å². The predicted molar refractivity (Wildman–Crippen MR) is 103 cm³/mol. The van der Waals surface area contributed by atoms with Crippen molar-refractivity contribution >= 4 is 12.2 Å². The Morgan fingerprint density at radius 2 is 1.60 bits per heavy atom. The van der Waals surface area contributed by atoms with Gasteiger partial charge in [-0.3, -0.25) is 0 Å². The van der Waals surface area contributed by atoms with Gasteiger partial charge in [-0.2, -0.15) is 0 Å². The highest BCUT2D eigenvalue weighted by Gasteiger charge is 2.20. The average molecular weight is 349 g/mol. The summed E-state index contributed by atoms with van der Waals surface area (Å²) in [6.07, 6.45) is 0.932. The Hall–Kier alpha value is -2.59. The molecule has 1 aliphatic heterocycles. The summed E-state index contributed by atoms with van der Waals surface area (Å²) in [6.45, 7) is 0.881. The number of methoxy groups -OCH3 is 2. The van der Waals surface area contributed by atoms with Gasteiger partial charge in [0.15, 0.2) is 11.5 Å². The quantitative estimate of drug-likeness (QED) is 0.613. The van der Waals surface area contributed by atoms with Crippen LogP contribution in [0.4, 0.5) is 0 Å². The Morgan fingerprint density at radius 3 is 2.32 bits per heavy atom. The van der Waals surface area contributed by atoms with E-state index in [1.54, 1.807) is 14.2 Å². The summed E-state index contributed by atoms with van der Waals surface area (Å²) in [5.74, 6) is 1.51. The molecule has 0 aliphatic carbocycles. The minimum Gasteiger partial charge on any atom is -0.493 e. The zero-order chi connectivity index (χ0) is 17.4. The number of hydrogen-bond donors (Lipinski definition) is 0. The Balaban J connectivity index is 1.94. The number of aromatic nitrogens is 1. The predicted octanol–water partition coefficient (Wildman–Crippen LogP) is 5.12. The van der Waals surface area contributed by atoms with Crippen molar-refractivity contribution in [1.82, 2.24) is 4.57 Å². The topological polar surface area (TPSA) is 23.4 Å². The van der Waals surface area contributed by atoms with Crippen LogP contribution in [0.2, 0.25) is 0 Å². The standard InChI is InChI=1S/C21H19NO2S/c1-23-19-11-15-8-9-22-18(17(15)13-20(19)24-2)10-16(12-21(22)25)14-6-4-3-5-7-14/h3-7,10-13H,8-9H2,1-2H3. The molecule has 4 rings (SSSR count). The van der Waals surface area contributed by atoms with Crippen molar-refractivity contribution < 1.29 is 9.47 Å². The van der Waals surface area contributed by atoms with E-state index in [4.69, 9.17) is 21.7 Å². The van der Waals surface area contributed by atoms with Crippen molar-refractivity contribution in [2.24, 2.45) is 0 Å². The number of benzene rings is 2. The molecular weight excluding hydrogens is 330 g/mol. The summed E-state index contributed by atoms with van der Waals surface area (Å²) in [6, 6.07) is 18.8. The van der Waals surface area contributed by atoms with Crippen molar-refractivity contribution in [1.29, 1.82) is 0 Å². The first-order valence-electron chi connectivity index (χ1n) is 8.27. The number of nitrogens with zero attached hydrogens (tertiary/aromatic N) is 1. The molecule has 126 valence electrons. The Kier molecular flexibility index (Phi) is 4.06. The van der Waals surface area contributed by atoms with E-state index >= 15 is 0 Å². The van der Waals surface area contributed by atoms with E-state index < -0.39 is 0 Å². The summed E-state index contributed by atoms with van der Waals surface area (Å²) in [5.41, 5.74) is 5.86. The first-order chi connectivity index (χ1) is 12.2. The lowest BCUT2D eigenvalue weighted by atomic mass is 9.94. The lowest BCUT2D eigenvalue weighted by molar-refractivity contribution is 0.354. The minimum atomic E-state index is 0.741. The summed E-state index contributed by atoms with van der Waals surface area (Å²) in [4.78, 5) is 0. The van der Waals surface area contributed by atoms with Crippen LogP contribution in [0.25, 0.3) is 22.4 Å². The fraction of sp³-hybridized carbons (Fsp3) is 0.190. The minimum absolute atomic E-state index is 0.741. The van der Waals surface area contributed by atoms with E-state index in [2.05, 4.69) is 41.0 Å². The number of aryl methyl sites for hydroxylation is 1. The maximum Gasteiger partial charge on any atom is 0.161 e. The van der Waals surface area contributed by atoms with E-state index in [9.17, 15) is 0 Å². The summed E-state index contributed by atoms with van der Waals surface area (Å²) >= 11 is 5.67. The fourth-order valence-electron chi connectivity index (χ4n) is 3.45. The van der Waals surface area contributed by atoms with Crippen LogP contribution < -0.4 is 9.47 Å². The van der Waals surface area contributed by atoms with Gasteiger partial charge in [0.25, 0.3) is 0 Å². The van der Waals surface area contributed by atoms with Gasteiger partial charge in [-0.15, -0.1) is 0 Å².